The van der Waals surface area contributed by atoms with E-state index in [-0.39, 0.29) is 108 Å². The molecular formula is C67H66N4Na2O13S5+2. The van der Waals surface area contributed by atoms with Crippen LogP contribution in [0.5, 0.6) is 11.5 Å². The molecule has 24 heteroatoms. The summed E-state index contributed by atoms with van der Waals surface area (Å²) in [6.45, 7) is 5.95. The molecule has 3 aliphatic rings. The maximum atomic E-state index is 13.6. The monoisotopic (exact) mass is 1340 g/mol. The first kappa shape index (κ1) is 69.8. The number of fused-ring (bicyclic) bond motifs is 5. The second-order valence-corrected chi connectivity index (χ2v) is 28.1. The van der Waals surface area contributed by atoms with Gasteiger partial charge in [0.2, 0.25) is 11.1 Å². The van der Waals surface area contributed by atoms with Crippen LogP contribution in [0.2, 0.25) is 0 Å². The number of anilines is 1. The minimum Gasteiger partial charge on any atom is -0.748 e. The van der Waals surface area contributed by atoms with Crippen molar-refractivity contribution < 1.29 is 128 Å². The molecule has 5 heterocycles. The number of aromatic nitrogens is 2. The Morgan fingerprint density at radius 1 is 0.714 bits per heavy atom. The quantitative estimate of drug-likeness (QED) is 0.0161. The Balaban J connectivity index is 0.00000490. The van der Waals surface area contributed by atoms with Crippen molar-refractivity contribution in [3.63, 3.8) is 0 Å². The predicted octanol–water partition coefficient (Wildman–Crippen LogP) is 5.95. The minimum atomic E-state index is -4.71. The number of esters is 1. The summed E-state index contributed by atoms with van der Waals surface area (Å²) in [5.41, 5.74) is 9.91. The molecule has 0 amide bonds. The summed E-state index contributed by atoms with van der Waals surface area (Å²) in [5.74, 6) is -0.636. The number of oxazole rings is 1. The molecule has 6 aromatic carbocycles. The molecular weight excluding hydrogens is 1280 g/mol. The van der Waals surface area contributed by atoms with Crippen LogP contribution in [-0.2, 0) is 42.9 Å². The molecule has 11 rings (SSSR count). The molecule has 0 bridgehead atoms. The van der Waals surface area contributed by atoms with Gasteiger partial charge in [0.05, 0.1) is 71.6 Å². The Labute approximate surface area is 587 Å². The van der Waals surface area contributed by atoms with E-state index in [9.17, 15) is 40.6 Å². The number of quaternary nitrogens is 1. The molecule has 1 fully saturated rings. The first-order chi connectivity index (χ1) is 42.9. The second kappa shape index (κ2) is 30.2. The number of rotatable bonds is 25. The van der Waals surface area contributed by atoms with Gasteiger partial charge in [0.1, 0.15) is 4.70 Å². The normalized spacial score (nSPS) is 17.3. The van der Waals surface area contributed by atoms with Crippen molar-refractivity contribution in [1.29, 1.82) is 0 Å². The van der Waals surface area contributed by atoms with Crippen molar-refractivity contribution in [2.75, 3.05) is 44.6 Å². The fraction of sp³-hybridized carbons (Fsp3) is 0.284. The molecule has 8 aromatic rings. The van der Waals surface area contributed by atoms with E-state index in [1.165, 1.54) is 36.3 Å². The number of unbranched alkanes of at least 4 members (excludes halogenated alkanes) is 1. The van der Waals surface area contributed by atoms with Gasteiger partial charge in [0.25, 0.3) is 10.5 Å². The standard InChI is InChI=1S/C67H66N4O13S5.2Na/c1-5-44(38-64-71(32-28-65(71)89(78,79)80)54-42-56(81-3)57(82-4)43-60(54)87-64)35-61-68(51-25-22-49(40-55(51)84-61)47-19-11-8-12-20-47)29-13-14-33-83-66(72)21-15-30-70-53-39-48(46-17-9-7-10-18-46)24-27-58(53)85-63(70)37-45(6-2)36-62-69(31-16-34-88(75,76)77)52-26-23-50(67(73)74)41-59(52)86-62;;/h7-12,17-20,22-27,35-43,65H,5-6,13-16,21,28-34H2,1-4H3;;/q;2*+1. The molecule has 3 aliphatic heterocycles. The number of nitrogens with zero attached hydrogens (tertiary/aromatic N) is 4. The molecule has 0 aliphatic carbocycles. The first-order valence-electron chi connectivity index (χ1n) is 29.4. The maximum absolute atomic E-state index is 13.6. The first-order valence-corrected chi connectivity index (χ1v) is 34.9. The molecule has 462 valence electrons. The van der Waals surface area contributed by atoms with E-state index in [1.54, 1.807) is 37.1 Å². The predicted molar refractivity (Wildman–Crippen MR) is 345 cm³/mol. The van der Waals surface area contributed by atoms with E-state index in [4.69, 9.17) is 18.6 Å². The van der Waals surface area contributed by atoms with Gasteiger partial charge < -0.3 is 42.5 Å². The van der Waals surface area contributed by atoms with E-state index in [0.717, 1.165) is 64.4 Å². The van der Waals surface area contributed by atoms with Gasteiger partial charge in [-0.25, -0.2) is 21.3 Å². The smallest absolute Gasteiger partial charge is 0.748 e. The zero-order chi connectivity index (χ0) is 62.6. The van der Waals surface area contributed by atoms with Crippen molar-refractivity contribution in [1.82, 2.24) is 4.48 Å². The minimum absolute atomic E-state index is 0. The molecule has 1 spiro atoms. The van der Waals surface area contributed by atoms with Gasteiger partial charge in [0.15, 0.2) is 50.8 Å². The number of thioether (sulfide) groups is 2. The van der Waals surface area contributed by atoms with Crippen LogP contribution in [0.4, 0.5) is 11.4 Å². The number of carbonyl (C=O) groups excluding carboxylic acids is 2. The van der Waals surface area contributed by atoms with E-state index >= 15 is 0 Å². The van der Waals surface area contributed by atoms with Crippen molar-refractivity contribution in [3.05, 3.63) is 177 Å². The zero-order valence-electron chi connectivity index (χ0n) is 51.5. The Bertz CT molecular complexity index is 4400. The van der Waals surface area contributed by atoms with Crippen LogP contribution in [0.15, 0.2) is 175 Å². The van der Waals surface area contributed by atoms with Gasteiger partial charge in [-0.2, -0.15) is 9.13 Å². The number of thiazole rings is 1. The summed E-state index contributed by atoms with van der Waals surface area (Å²) < 4.78 is 102. The topological polar surface area (TPSA) is 223 Å². The van der Waals surface area contributed by atoms with Crippen molar-refractivity contribution >= 4 is 112 Å². The van der Waals surface area contributed by atoms with Gasteiger partial charge in [-0.15, -0.1) is 0 Å². The Morgan fingerprint density at radius 2 is 1.37 bits per heavy atom. The molecule has 0 radical (unpaired) electrons. The van der Waals surface area contributed by atoms with Gasteiger partial charge in [-0.3, -0.25) is 4.79 Å². The SMILES string of the molecule is CCC(=Cc1oc2cc(-c3ccccc3)ccc2[n+]1CCCCOC(=O)CCCN1C(=CC(=Cc2sc3cc(C(=O)[O-])ccc3[n+]2CCCS(=O)(=O)[O-])CC)Sc2ccc(-c3ccccc3)cc21)C=C1Sc2cc(OC)c(OC)cc2[N+]12CCC2S(=O)(=O)[O-].[Na+].[Na+]. The number of aryl methyl sites for hydroxylation is 2. The summed E-state index contributed by atoms with van der Waals surface area (Å²) >= 11 is 4.41. The number of carbonyl (C=O) groups is 2. The largest absolute Gasteiger partial charge is 1.00 e. The Morgan fingerprint density at radius 3 is 2.02 bits per heavy atom. The van der Waals surface area contributed by atoms with Crippen molar-refractivity contribution in [2.45, 2.75) is 93.5 Å². The Kier molecular flexibility index (Phi) is 23.2. The average molecular weight is 1340 g/mol. The number of carboxylic acid groups (broad SMARTS) is 1. The fourth-order valence-corrected chi connectivity index (χ4v) is 17.2. The van der Waals surface area contributed by atoms with Gasteiger partial charge >= 0.3 is 71.0 Å². The van der Waals surface area contributed by atoms with Gasteiger partial charge in [0, 0.05) is 72.9 Å². The average Bonchev–Trinajstić information content (AvgIpc) is 1.60. The van der Waals surface area contributed by atoms with Gasteiger partial charge in [-0.1, -0.05) is 104 Å². The third-order valence-corrected chi connectivity index (χ3v) is 21.8. The van der Waals surface area contributed by atoms with Crippen LogP contribution >= 0.6 is 34.9 Å². The number of methoxy groups -OCH3 is 2. The molecule has 0 N–H and O–H groups in total. The van der Waals surface area contributed by atoms with E-state index in [1.807, 2.05) is 103 Å². The number of ether oxygens (including phenoxy) is 3. The van der Waals surface area contributed by atoms with Crippen LogP contribution < -0.4 is 92.2 Å². The Hall–Kier alpha value is -5.54. The van der Waals surface area contributed by atoms with Crippen LogP contribution in [0.25, 0.3) is 55.7 Å². The molecule has 91 heavy (non-hydrogen) atoms. The maximum Gasteiger partial charge on any atom is 1.00 e. The third kappa shape index (κ3) is 15.5. The molecule has 2 atom stereocenters. The van der Waals surface area contributed by atoms with Crippen molar-refractivity contribution in [2.24, 2.45) is 0 Å². The zero-order valence-corrected chi connectivity index (χ0v) is 59.6. The number of benzene rings is 6. The molecule has 0 saturated carbocycles. The number of allylic oxidation sites excluding steroid dienone is 4. The summed E-state index contributed by atoms with van der Waals surface area (Å²) in [4.78, 5) is 29.5. The summed E-state index contributed by atoms with van der Waals surface area (Å²) in [6, 6.07) is 41.0. The third-order valence-electron chi connectivity index (χ3n) is 16.3. The summed E-state index contributed by atoms with van der Waals surface area (Å²) in [6.07, 6.45) is 11.5. The summed E-state index contributed by atoms with van der Waals surface area (Å²) in [7, 11) is -6.10. The number of carboxylic acids is 1. The van der Waals surface area contributed by atoms with E-state index < -0.39 is 37.3 Å². The van der Waals surface area contributed by atoms with Crippen LogP contribution in [0.1, 0.15) is 86.5 Å². The molecule has 17 nitrogen and oxygen atoms in total. The number of hydrogen-bond donors (Lipinski definition) is 0. The van der Waals surface area contributed by atoms with Crippen molar-refractivity contribution in [3.8, 4) is 33.8 Å². The van der Waals surface area contributed by atoms with Crippen LogP contribution in [0.3, 0.4) is 0 Å². The number of hydrogen-bond acceptors (Lipinski definition) is 17. The van der Waals surface area contributed by atoms with Crippen LogP contribution in [0, 0.1) is 0 Å². The summed E-state index contributed by atoms with van der Waals surface area (Å²) in [5, 5.41) is 13.0. The molecule has 2 aromatic heterocycles. The second-order valence-electron chi connectivity index (χ2n) is 21.9. The van der Waals surface area contributed by atoms with Gasteiger partial charge in [-0.05, 0) is 119 Å². The fourth-order valence-electron chi connectivity index (χ4n) is 11.7. The van der Waals surface area contributed by atoms with Crippen LogP contribution in [-0.4, -0.2) is 82.9 Å². The molecule has 2 unspecified atom stereocenters. The number of aromatic carboxylic acids is 1. The van der Waals surface area contributed by atoms with E-state index in [0.29, 0.717) is 95.6 Å². The molecule has 1 saturated heterocycles. The van der Waals surface area contributed by atoms with E-state index in [2.05, 4.69) is 51.9 Å².